The lowest BCUT2D eigenvalue weighted by Gasteiger charge is -2.17. The molecule has 0 spiro atoms. The highest BCUT2D eigenvalue weighted by molar-refractivity contribution is 5.32. The van der Waals surface area contributed by atoms with E-state index in [0.29, 0.717) is 6.04 Å². The second kappa shape index (κ2) is 4.69. The monoisotopic (exact) mass is 249 g/mol. The maximum absolute atomic E-state index is 4.67. The van der Waals surface area contributed by atoms with Crippen molar-refractivity contribution in [1.29, 1.82) is 0 Å². The van der Waals surface area contributed by atoms with E-state index in [1.807, 2.05) is 11.7 Å². The third-order valence-corrected chi connectivity index (χ3v) is 3.68. The molecular formula is C15H27N3. The van der Waals surface area contributed by atoms with Crippen molar-refractivity contribution >= 4 is 0 Å². The van der Waals surface area contributed by atoms with Gasteiger partial charge in [-0.25, -0.2) is 0 Å². The number of rotatable bonds is 4. The van der Waals surface area contributed by atoms with Crippen LogP contribution in [0.2, 0.25) is 0 Å². The molecule has 2 unspecified atom stereocenters. The average molecular weight is 249 g/mol. The van der Waals surface area contributed by atoms with Crippen LogP contribution < -0.4 is 5.32 Å². The Bertz CT molecular complexity index is 412. The highest BCUT2D eigenvalue weighted by Crippen LogP contribution is 2.49. The van der Waals surface area contributed by atoms with Gasteiger partial charge in [0.25, 0.3) is 0 Å². The van der Waals surface area contributed by atoms with E-state index in [-0.39, 0.29) is 5.41 Å². The van der Waals surface area contributed by atoms with E-state index in [2.05, 4.69) is 51.2 Å². The fourth-order valence-electron chi connectivity index (χ4n) is 2.60. The summed E-state index contributed by atoms with van der Waals surface area (Å²) in [5.41, 5.74) is 2.90. The molecule has 2 rings (SSSR count). The second-order valence-corrected chi connectivity index (χ2v) is 7.02. The Morgan fingerprint density at radius 1 is 1.44 bits per heavy atom. The van der Waals surface area contributed by atoms with E-state index in [9.17, 15) is 0 Å². The molecule has 1 fully saturated rings. The minimum absolute atomic E-state index is 0.148. The Morgan fingerprint density at radius 2 is 2.11 bits per heavy atom. The minimum Gasteiger partial charge on any atom is -0.314 e. The molecule has 3 heteroatoms. The topological polar surface area (TPSA) is 29.9 Å². The fourth-order valence-corrected chi connectivity index (χ4v) is 2.60. The standard InChI is InChI=1S/C15H27N3/c1-10(2)16-8-11-7-12(11)13-9-18(6)17-14(13)15(3,4)5/h9-12,16H,7-8H2,1-6H3. The molecule has 1 saturated carbocycles. The fraction of sp³-hybridized carbons (Fsp3) is 0.800. The van der Waals surface area contributed by atoms with Crippen molar-refractivity contribution in [1.82, 2.24) is 15.1 Å². The van der Waals surface area contributed by atoms with Crippen LogP contribution in [0.4, 0.5) is 0 Å². The molecule has 1 aromatic rings. The zero-order chi connectivity index (χ0) is 13.5. The molecule has 2 atom stereocenters. The normalized spacial score (nSPS) is 23.7. The third-order valence-electron chi connectivity index (χ3n) is 3.68. The van der Waals surface area contributed by atoms with Crippen LogP contribution in [0.3, 0.4) is 0 Å². The van der Waals surface area contributed by atoms with Gasteiger partial charge in [-0.15, -0.1) is 0 Å². The van der Waals surface area contributed by atoms with Gasteiger partial charge in [0.1, 0.15) is 0 Å². The molecule has 0 saturated heterocycles. The molecule has 1 aliphatic carbocycles. The van der Waals surface area contributed by atoms with Gasteiger partial charge in [0.15, 0.2) is 0 Å². The van der Waals surface area contributed by atoms with Crippen LogP contribution >= 0.6 is 0 Å². The SMILES string of the molecule is CC(C)NCC1CC1c1cn(C)nc1C(C)(C)C. The van der Waals surface area contributed by atoms with E-state index < -0.39 is 0 Å². The Hall–Kier alpha value is -0.830. The molecule has 1 aromatic heterocycles. The Balaban J connectivity index is 2.07. The lowest BCUT2D eigenvalue weighted by Crippen LogP contribution is -2.25. The van der Waals surface area contributed by atoms with Gasteiger partial charge in [-0.3, -0.25) is 4.68 Å². The molecular weight excluding hydrogens is 222 g/mol. The largest absolute Gasteiger partial charge is 0.314 e. The maximum Gasteiger partial charge on any atom is 0.0712 e. The molecule has 1 N–H and O–H groups in total. The Morgan fingerprint density at radius 3 is 2.67 bits per heavy atom. The lowest BCUT2D eigenvalue weighted by atomic mass is 9.88. The number of hydrogen-bond donors (Lipinski definition) is 1. The summed E-state index contributed by atoms with van der Waals surface area (Å²) >= 11 is 0. The van der Waals surface area contributed by atoms with Crippen LogP contribution in [0.25, 0.3) is 0 Å². The number of aryl methyl sites for hydroxylation is 1. The zero-order valence-corrected chi connectivity index (χ0v) is 12.6. The van der Waals surface area contributed by atoms with Gasteiger partial charge >= 0.3 is 0 Å². The van der Waals surface area contributed by atoms with Crippen LogP contribution in [-0.2, 0) is 12.5 Å². The number of nitrogens with one attached hydrogen (secondary N) is 1. The summed E-state index contributed by atoms with van der Waals surface area (Å²) in [5.74, 6) is 1.52. The Kier molecular flexibility index (Phi) is 3.54. The van der Waals surface area contributed by atoms with Crippen molar-refractivity contribution in [3.8, 4) is 0 Å². The van der Waals surface area contributed by atoms with Crippen LogP contribution in [-0.4, -0.2) is 22.4 Å². The van der Waals surface area contributed by atoms with Gasteiger partial charge in [0.05, 0.1) is 5.69 Å². The highest BCUT2D eigenvalue weighted by atomic mass is 15.3. The highest BCUT2D eigenvalue weighted by Gasteiger charge is 2.41. The van der Waals surface area contributed by atoms with E-state index >= 15 is 0 Å². The smallest absolute Gasteiger partial charge is 0.0712 e. The minimum atomic E-state index is 0.148. The van der Waals surface area contributed by atoms with Crippen LogP contribution in [0.5, 0.6) is 0 Å². The second-order valence-electron chi connectivity index (χ2n) is 7.02. The van der Waals surface area contributed by atoms with E-state index in [4.69, 9.17) is 0 Å². The zero-order valence-electron chi connectivity index (χ0n) is 12.6. The first-order valence-electron chi connectivity index (χ1n) is 7.06. The maximum atomic E-state index is 4.67. The first-order valence-corrected chi connectivity index (χ1v) is 7.06. The summed E-state index contributed by atoms with van der Waals surface area (Å²) in [5, 5.41) is 8.21. The number of nitrogens with zero attached hydrogens (tertiary/aromatic N) is 2. The third kappa shape index (κ3) is 2.94. The van der Waals surface area contributed by atoms with Gasteiger partial charge in [-0.05, 0) is 30.4 Å². The molecule has 18 heavy (non-hydrogen) atoms. The van der Waals surface area contributed by atoms with E-state index in [0.717, 1.165) is 18.4 Å². The van der Waals surface area contributed by atoms with Crippen molar-refractivity contribution < 1.29 is 0 Å². The van der Waals surface area contributed by atoms with Crippen LogP contribution in [0.15, 0.2) is 6.20 Å². The summed E-state index contributed by atoms with van der Waals surface area (Å²) in [4.78, 5) is 0. The molecule has 1 aliphatic rings. The quantitative estimate of drug-likeness (QED) is 0.889. The molecule has 0 aliphatic heterocycles. The van der Waals surface area contributed by atoms with Gasteiger partial charge in [-0.2, -0.15) is 5.10 Å². The summed E-state index contributed by atoms with van der Waals surface area (Å²) in [6.07, 6.45) is 3.54. The number of aromatic nitrogens is 2. The predicted molar refractivity (Wildman–Crippen MR) is 75.9 cm³/mol. The molecule has 0 bridgehead atoms. The van der Waals surface area contributed by atoms with E-state index in [1.54, 1.807) is 0 Å². The predicted octanol–water partition coefficient (Wildman–Crippen LogP) is 2.82. The molecule has 102 valence electrons. The molecule has 3 nitrogen and oxygen atoms in total. The summed E-state index contributed by atoms with van der Waals surface area (Å²) in [6, 6.07) is 0.585. The van der Waals surface area contributed by atoms with Gasteiger partial charge in [0, 0.05) is 24.7 Å². The summed E-state index contributed by atoms with van der Waals surface area (Å²) in [6.45, 7) is 12.3. The molecule has 0 radical (unpaired) electrons. The van der Waals surface area contributed by atoms with Crippen molar-refractivity contribution in [2.45, 2.75) is 58.4 Å². The van der Waals surface area contributed by atoms with Crippen molar-refractivity contribution in [2.24, 2.45) is 13.0 Å². The lowest BCUT2D eigenvalue weighted by molar-refractivity contribution is 0.539. The Labute approximate surface area is 111 Å². The van der Waals surface area contributed by atoms with Gasteiger partial charge in [0.2, 0.25) is 0 Å². The number of hydrogen-bond acceptors (Lipinski definition) is 2. The molecule has 0 aromatic carbocycles. The van der Waals surface area contributed by atoms with E-state index in [1.165, 1.54) is 17.7 Å². The summed E-state index contributed by atoms with van der Waals surface area (Å²) in [7, 11) is 2.03. The summed E-state index contributed by atoms with van der Waals surface area (Å²) < 4.78 is 1.97. The first kappa shape index (κ1) is 13.6. The molecule has 1 heterocycles. The van der Waals surface area contributed by atoms with Crippen molar-refractivity contribution in [3.05, 3.63) is 17.5 Å². The van der Waals surface area contributed by atoms with Crippen molar-refractivity contribution in [2.75, 3.05) is 6.54 Å². The van der Waals surface area contributed by atoms with Crippen LogP contribution in [0.1, 0.15) is 58.2 Å². The average Bonchev–Trinajstić information content (AvgIpc) is 2.89. The molecule has 0 amide bonds. The van der Waals surface area contributed by atoms with Crippen LogP contribution in [0, 0.1) is 5.92 Å². The van der Waals surface area contributed by atoms with Gasteiger partial charge < -0.3 is 5.32 Å². The first-order chi connectivity index (χ1) is 8.29. The van der Waals surface area contributed by atoms with Gasteiger partial charge in [-0.1, -0.05) is 34.6 Å². The van der Waals surface area contributed by atoms with Crippen molar-refractivity contribution in [3.63, 3.8) is 0 Å².